The zero-order valence-corrected chi connectivity index (χ0v) is 20.5. The molecule has 0 atom stereocenters. The summed E-state index contributed by atoms with van der Waals surface area (Å²) in [6.07, 6.45) is 3.59. The largest absolute Gasteiger partial charge is 0.494 e. The number of carbonyl (C=O) groups excluding carboxylic acids is 2. The number of aromatic nitrogens is 2. The van der Waals surface area contributed by atoms with Crippen molar-refractivity contribution in [3.05, 3.63) is 35.2 Å². The van der Waals surface area contributed by atoms with Gasteiger partial charge in [0.05, 0.1) is 17.2 Å². The van der Waals surface area contributed by atoms with Crippen molar-refractivity contribution in [3.63, 3.8) is 0 Å². The number of nitrogen functional groups attached to an aromatic ring is 1. The van der Waals surface area contributed by atoms with Crippen LogP contribution in [0.1, 0.15) is 49.2 Å². The number of piperidine rings is 1. The molecule has 9 heteroatoms. The van der Waals surface area contributed by atoms with Gasteiger partial charge in [0.25, 0.3) is 5.91 Å². The summed E-state index contributed by atoms with van der Waals surface area (Å²) in [5, 5.41) is 3.62. The van der Waals surface area contributed by atoms with Crippen LogP contribution in [-0.4, -0.2) is 52.9 Å². The third kappa shape index (κ3) is 5.47. The number of hydrogen-bond donors (Lipinski definition) is 2. The number of ether oxygens (including phenoxy) is 1. The highest BCUT2D eigenvalue weighted by molar-refractivity contribution is 7.20. The third-order valence-corrected chi connectivity index (χ3v) is 7.17. The van der Waals surface area contributed by atoms with E-state index in [2.05, 4.69) is 15.3 Å². The second-order valence-electron chi connectivity index (χ2n) is 8.46. The molecule has 1 fully saturated rings. The Kier molecular flexibility index (Phi) is 7.62. The van der Waals surface area contributed by atoms with Gasteiger partial charge in [-0.2, -0.15) is 0 Å². The molecule has 3 heterocycles. The molecule has 1 aromatic carbocycles. The molecule has 2 aromatic heterocycles. The second kappa shape index (κ2) is 10.8. The molecule has 0 aliphatic carbocycles. The van der Waals surface area contributed by atoms with Crippen molar-refractivity contribution in [1.29, 1.82) is 0 Å². The standard InChI is InChI=1S/C25H31N5O3S/c1-3-21(31)30-11-8-16(9-12-30)10-13-33-18-7-5-6-17(14-18)22-19-15-20(23(32)27-4-2)34-24(19)29-25(26)28-22/h5-7,14-16H,3-4,8-13H2,1-2H3,(H,27,32)(H2,26,28,29). The van der Waals surface area contributed by atoms with Crippen LogP contribution in [0.15, 0.2) is 30.3 Å². The van der Waals surface area contributed by atoms with E-state index in [4.69, 9.17) is 10.5 Å². The molecule has 3 N–H and O–H groups in total. The number of carbonyl (C=O) groups is 2. The van der Waals surface area contributed by atoms with Crippen LogP contribution in [-0.2, 0) is 4.79 Å². The van der Waals surface area contributed by atoms with Gasteiger partial charge in [0, 0.05) is 37.0 Å². The number of fused-ring (bicyclic) bond motifs is 1. The van der Waals surface area contributed by atoms with Crippen molar-refractivity contribution in [3.8, 4) is 17.0 Å². The monoisotopic (exact) mass is 481 g/mol. The van der Waals surface area contributed by atoms with Crippen molar-refractivity contribution in [2.24, 2.45) is 5.92 Å². The predicted octanol–water partition coefficient (Wildman–Crippen LogP) is 4.11. The highest BCUT2D eigenvalue weighted by Crippen LogP contribution is 2.34. The summed E-state index contributed by atoms with van der Waals surface area (Å²) in [5.41, 5.74) is 7.52. The first-order valence-electron chi connectivity index (χ1n) is 11.8. The molecule has 34 heavy (non-hydrogen) atoms. The predicted molar refractivity (Wildman–Crippen MR) is 135 cm³/mol. The van der Waals surface area contributed by atoms with Gasteiger partial charge in [-0.3, -0.25) is 9.59 Å². The van der Waals surface area contributed by atoms with E-state index in [1.165, 1.54) is 11.3 Å². The number of likely N-dealkylation sites (tertiary alicyclic amines) is 1. The zero-order chi connectivity index (χ0) is 24.1. The van der Waals surface area contributed by atoms with E-state index >= 15 is 0 Å². The first-order valence-corrected chi connectivity index (χ1v) is 12.7. The molecule has 4 rings (SSSR count). The molecular weight excluding hydrogens is 450 g/mol. The number of thiophene rings is 1. The number of rotatable bonds is 8. The number of benzene rings is 1. The summed E-state index contributed by atoms with van der Waals surface area (Å²) < 4.78 is 6.07. The van der Waals surface area contributed by atoms with Gasteiger partial charge in [0.15, 0.2) is 0 Å². The summed E-state index contributed by atoms with van der Waals surface area (Å²) in [6, 6.07) is 9.59. The summed E-state index contributed by atoms with van der Waals surface area (Å²) in [7, 11) is 0. The van der Waals surface area contributed by atoms with Crippen LogP contribution >= 0.6 is 11.3 Å². The maximum atomic E-state index is 12.3. The van der Waals surface area contributed by atoms with E-state index in [0.717, 1.165) is 49.1 Å². The summed E-state index contributed by atoms with van der Waals surface area (Å²) in [6.45, 7) is 6.67. The molecule has 0 saturated carbocycles. The molecule has 3 aromatic rings. The van der Waals surface area contributed by atoms with Crippen LogP contribution in [0.4, 0.5) is 5.95 Å². The van der Waals surface area contributed by atoms with Crippen LogP contribution < -0.4 is 15.8 Å². The Morgan fingerprint density at radius 2 is 2.00 bits per heavy atom. The van der Waals surface area contributed by atoms with E-state index in [-0.39, 0.29) is 17.8 Å². The van der Waals surface area contributed by atoms with Crippen molar-refractivity contribution >= 4 is 39.3 Å². The van der Waals surface area contributed by atoms with E-state index in [0.29, 0.717) is 40.9 Å². The first-order chi connectivity index (χ1) is 16.5. The highest BCUT2D eigenvalue weighted by Gasteiger charge is 2.22. The Labute approximate surface area is 203 Å². The number of nitrogens with two attached hydrogens (primary N) is 1. The van der Waals surface area contributed by atoms with Gasteiger partial charge in [0.2, 0.25) is 11.9 Å². The summed E-state index contributed by atoms with van der Waals surface area (Å²) in [4.78, 5) is 36.2. The van der Waals surface area contributed by atoms with Crippen molar-refractivity contribution in [2.75, 3.05) is 32.0 Å². The Balaban J connectivity index is 1.43. The minimum Gasteiger partial charge on any atom is -0.494 e. The van der Waals surface area contributed by atoms with Gasteiger partial charge in [-0.15, -0.1) is 11.3 Å². The van der Waals surface area contributed by atoms with Gasteiger partial charge in [-0.1, -0.05) is 19.1 Å². The quantitative estimate of drug-likeness (QED) is 0.501. The molecule has 1 aliphatic rings. The number of hydrogen-bond acceptors (Lipinski definition) is 7. The second-order valence-corrected chi connectivity index (χ2v) is 9.49. The lowest BCUT2D eigenvalue weighted by Crippen LogP contribution is -2.38. The Morgan fingerprint density at radius 3 is 2.74 bits per heavy atom. The zero-order valence-electron chi connectivity index (χ0n) is 19.7. The minimum atomic E-state index is -0.128. The maximum Gasteiger partial charge on any atom is 0.261 e. The fourth-order valence-corrected chi connectivity index (χ4v) is 5.24. The average Bonchev–Trinajstić information content (AvgIpc) is 3.28. The number of anilines is 1. The van der Waals surface area contributed by atoms with Crippen LogP contribution in [0.3, 0.4) is 0 Å². The van der Waals surface area contributed by atoms with Gasteiger partial charge >= 0.3 is 0 Å². The van der Waals surface area contributed by atoms with Gasteiger partial charge in [-0.05, 0) is 50.3 Å². The molecule has 180 valence electrons. The number of nitrogens with zero attached hydrogens (tertiary/aromatic N) is 3. The fourth-order valence-electron chi connectivity index (χ4n) is 4.29. The fraction of sp³-hybridized carbons (Fsp3) is 0.440. The van der Waals surface area contributed by atoms with Crippen LogP contribution in [0.2, 0.25) is 0 Å². The smallest absolute Gasteiger partial charge is 0.261 e. The van der Waals surface area contributed by atoms with Gasteiger partial charge < -0.3 is 20.7 Å². The van der Waals surface area contributed by atoms with Crippen molar-refractivity contribution in [1.82, 2.24) is 20.2 Å². The normalized spacial score (nSPS) is 14.4. The molecule has 1 aliphatic heterocycles. The van der Waals surface area contributed by atoms with Crippen LogP contribution in [0, 0.1) is 5.92 Å². The van der Waals surface area contributed by atoms with Crippen molar-refractivity contribution in [2.45, 2.75) is 39.5 Å². The van der Waals surface area contributed by atoms with Gasteiger partial charge in [-0.25, -0.2) is 9.97 Å². The Bertz CT molecular complexity index is 1170. The minimum absolute atomic E-state index is 0.128. The molecule has 1 saturated heterocycles. The average molecular weight is 482 g/mol. The third-order valence-electron chi connectivity index (χ3n) is 6.14. The first kappa shape index (κ1) is 23.9. The van der Waals surface area contributed by atoms with Gasteiger partial charge in [0.1, 0.15) is 10.6 Å². The Hall–Kier alpha value is -3.20. The lowest BCUT2D eigenvalue weighted by Gasteiger charge is -2.31. The SMILES string of the molecule is CCNC(=O)c1cc2c(-c3cccc(OCCC4CCN(C(=O)CC)CC4)c3)nc(N)nc2s1. The van der Waals surface area contributed by atoms with E-state index in [9.17, 15) is 9.59 Å². The van der Waals surface area contributed by atoms with Crippen LogP contribution in [0.25, 0.3) is 21.5 Å². The van der Waals surface area contributed by atoms with E-state index < -0.39 is 0 Å². The van der Waals surface area contributed by atoms with E-state index in [1.807, 2.05) is 49.1 Å². The maximum absolute atomic E-state index is 12.3. The molecule has 0 bridgehead atoms. The molecule has 0 unspecified atom stereocenters. The number of amides is 2. The highest BCUT2D eigenvalue weighted by atomic mass is 32.1. The molecular formula is C25H31N5O3S. The number of nitrogens with one attached hydrogen (secondary N) is 1. The summed E-state index contributed by atoms with van der Waals surface area (Å²) >= 11 is 1.31. The lowest BCUT2D eigenvalue weighted by molar-refractivity contribution is -0.132. The van der Waals surface area contributed by atoms with Crippen LogP contribution in [0.5, 0.6) is 5.75 Å². The topological polar surface area (TPSA) is 110 Å². The molecule has 0 spiro atoms. The molecule has 0 radical (unpaired) electrons. The molecule has 2 amide bonds. The Morgan fingerprint density at radius 1 is 1.21 bits per heavy atom. The van der Waals surface area contributed by atoms with Crippen molar-refractivity contribution < 1.29 is 14.3 Å². The summed E-state index contributed by atoms with van der Waals surface area (Å²) in [5.74, 6) is 1.63. The molecule has 8 nitrogen and oxygen atoms in total. The van der Waals surface area contributed by atoms with E-state index in [1.54, 1.807) is 0 Å². The lowest BCUT2D eigenvalue weighted by atomic mass is 9.94.